The van der Waals surface area contributed by atoms with Crippen molar-refractivity contribution in [1.29, 1.82) is 0 Å². The fourth-order valence-corrected chi connectivity index (χ4v) is 2.27. The van der Waals surface area contributed by atoms with E-state index in [1.54, 1.807) is 6.08 Å². The maximum Gasteiger partial charge on any atom is 0.211 e. The Morgan fingerprint density at radius 1 is 1.20 bits per heavy atom. The topological polar surface area (TPSA) is 47.6 Å². The third-order valence-corrected chi connectivity index (χ3v) is 3.35. The molecular weight excluding hydrogens is 248 g/mol. The molecule has 2 aromatic rings. The third-order valence-electron chi connectivity index (χ3n) is 3.35. The first kappa shape index (κ1) is 12.7. The molecule has 3 heteroatoms. The molecule has 0 fully saturated rings. The van der Waals surface area contributed by atoms with Crippen molar-refractivity contribution < 1.29 is 4.74 Å². The van der Waals surface area contributed by atoms with E-state index in [0.717, 1.165) is 5.56 Å². The lowest BCUT2D eigenvalue weighted by molar-refractivity contribution is 0.280. The van der Waals surface area contributed by atoms with E-state index in [4.69, 9.17) is 10.5 Å². The summed E-state index contributed by atoms with van der Waals surface area (Å²) in [7, 11) is 0. The summed E-state index contributed by atoms with van der Waals surface area (Å²) < 4.78 is 5.54. The first-order chi connectivity index (χ1) is 9.53. The van der Waals surface area contributed by atoms with Gasteiger partial charge >= 0.3 is 0 Å². The van der Waals surface area contributed by atoms with Crippen molar-refractivity contribution >= 4 is 22.4 Å². The molecule has 3 nitrogen and oxygen atoms in total. The Morgan fingerprint density at radius 3 is 2.65 bits per heavy atom. The highest BCUT2D eigenvalue weighted by Crippen LogP contribution is 2.21. The van der Waals surface area contributed by atoms with Gasteiger partial charge in [-0.2, -0.15) is 0 Å². The van der Waals surface area contributed by atoms with Gasteiger partial charge in [0.2, 0.25) is 5.90 Å². The molecule has 1 heterocycles. The summed E-state index contributed by atoms with van der Waals surface area (Å²) in [6.07, 6.45) is 1.80. The van der Waals surface area contributed by atoms with Gasteiger partial charge in [-0.15, -0.1) is 0 Å². The van der Waals surface area contributed by atoms with E-state index in [1.165, 1.54) is 10.8 Å². The molecule has 2 aromatic carbocycles. The largest absolute Gasteiger partial charge is 0.475 e. The fourth-order valence-electron chi connectivity index (χ4n) is 2.27. The molecule has 3 rings (SSSR count). The zero-order valence-corrected chi connectivity index (χ0v) is 11.8. The Bertz CT molecular complexity index is 714. The number of ether oxygens (including phenoxy) is 1. The van der Waals surface area contributed by atoms with E-state index >= 15 is 0 Å². The molecule has 20 heavy (non-hydrogen) atoms. The minimum absolute atomic E-state index is 0.157. The van der Waals surface area contributed by atoms with Crippen molar-refractivity contribution in [3.63, 3.8) is 0 Å². The van der Waals surface area contributed by atoms with Crippen LogP contribution in [0.5, 0.6) is 0 Å². The zero-order chi connectivity index (χ0) is 14.2. The number of fused-ring (bicyclic) bond motifs is 1. The van der Waals surface area contributed by atoms with Crippen LogP contribution >= 0.6 is 0 Å². The van der Waals surface area contributed by atoms with Crippen LogP contribution in [0.15, 0.2) is 53.5 Å². The summed E-state index contributed by atoms with van der Waals surface area (Å²) in [5.74, 6) is 0.612. The van der Waals surface area contributed by atoms with E-state index in [0.29, 0.717) is 18.2 Å². The highest BCUT2D eigenvalue weighted by atomic mass is 16.5. The van der Waals surface area contributed by atoms with Crippen molar-refractivity contribution in [3.05, 3.63) is 54.1 Å². The van der Waals surface area contributed by atoms with Crippen molar-refractivity contribution in [2.75, 3.05) is 6.61 Å². The Balaban J connectivity index is 1.94. The summed E-state index contributed by atoms with van der Waals surface area (Å²) in [6, 6.07) is 14.4. The second-order valence-electron chi connectivity index (χ2n) is 5.71. The van der Waals surface area contributed by atoms with Gasteiger partial charge in [-0.3, -0.25) is 0 Å². The van der Waals surface area contributed by atoms with Crippen LogP contribution < -0.4 is 5.73 Å². The van der Waals surface area contributed by atoms with Crippen LogP contribution in [0, 0.1) is 0 Å². The van der Waals surface area contributed by atoms with E-state index in [-0.39, 0.29) is 5.54 Å². The van der Waals surface area contributed by atoms with Crippen LogP contribution in [-0.2, 0) is 4.74 Å². The first-order valence-corrected chi connectivity index (χ1v) is 6.72. The Labute approximate surface area is 118 Å². The molecule has 1 aliphatic heterocycles. The number of rotatable bonds is 2. The molecule has 102 valence electrons. The quantitative estimate of drug-likeness (QED) is 0.906. The molecule has 0 bridgehead atoms. The van der Waals surface area contributed by atoms with E-state index in [1.807, 2.05) is 32.0 Å². The van der Waals surface area contributed by atoms with Crippen molar-refractivity contribution in [2.24, 2.45) is 10.7 Å². The molecule has 0 radical (unpaired) electrons. The molecule has 0 atom stereocenters. The summed E-state index contributed by atoms with van der Waals surface area (Å²) in [6.45, 7) is 4.68. The molecule has 0 unspecified atom stereocenters. The summed E-state index contributed by atoms with van der Waals surface area (Å²) in [5.41, 5.74) is 7.66. The smallest absolute Gasteiger partial charge is 0.211 e. The number of aliphatic imine (C=N–C) groups is 1. The van der Waals surface area contributed by atoms with Crippen LogP contribution in [0.1, 0.15) is 19.4 Å². The SMILES string of the molecule is CC1(C)COC(/C=C(\N)c2ccc3ccccc3c2)=N1. The van der Waals surface area contributed by atoms with Gasteiger partial charge in [0, 0.05) is 11.8 Å². The average molecular weight is 266 g/mol. The van der Waals surface area contributed by atoms with E-state index in [9.17, 15) is 0 Å². The first-order valence-electron chi connectivity index (χ1n) is 6.72. The Morgan fingerprint density at radius 2 is 1.95 bits per heavy atom. The summed E-state index contributed by atoms with van der Waals surface area (Å²) in [5, 5.41) is 2.38. The predicted octanol–water partition coefficient (Wildman–Crippen LogP) is 3.35. The lowest BCUT2D eigenvalue weighted by Gasteiger charge is -2.07. The minimum Gasteiger partial charge on any atom is -0.475 e. The lowest BCUT2D eigenvalue weighted by Crippen LogP contribution is -2.17. The highest BCUT2D eigenvalue weighted by molar-refractivity contribution is 5.97. The van der Waals surface area contributed by atoms with E-state index in [2.05, 4.69) is 29.3 Å². The molecule has 0 saturated carbocycles. The average Bonchev–Trinajstić information content (AvgIpc) is 2.77. The second-order valence-corrected chi connectivity index (χ2v) is 5.71. The molecule has 0 amide bonds. The normalized spacial score (nSPS) is 17.9. The van der Waals surface area contributed by atoms with Gasteiger partial charge in [-0.05, 0) is 36.2 Å². The molecular formula is C17H18N2O. The molecule has 2 N–H and O–H groups in total. The van der Waals surface area contributed by atoms with Gasteiger partial charge in [-0.1, -0.05) is 36.4 Å². The minimum atomic E-state index is -0.157. The molecule has 0 saturated heterocycles. The number of nitrogens with zero attached hydrogens (tertiary/aromatic N) is 1. The standard InChI is InChI=1S/C17H18N2O/c1-17(2)11-20-16(19-17)10-15(18)14-8-7-12-5-3-4-6-13(12)9-14/h3-10H,11,18H2,1-2H3/b15-10-. The summed E-state index contributed by atoms with van der Waals surface area (Å²) >= 11 is 0. The van der Waals surface area contributed by atoms with Crippen molar-refractivity contribution in [3.8, 4) is 0 Å². The number of nitrogens with two attached hydrogens (primary N) is 1. The van der Waals surface area contributed by atoms with Gasteiger partial charge < -0.3 is 10.5 Å². The summed E-state index contributed by atoms with van der Waals surface area (Å²) in [4.78, 5) is 4.49. The Hall–Kier alpha value is -2.29. The number of hydrogen-bond acceptors (Lipinski definition) is 3. The Kier molecular flexibility index (Phi) is 2.97. The number of hydrogen-bond donors (Lipinski definition) is 1. The number of benzene rings is 2. The van der Waals surface area contributed by atoms with Crippen molar-refractivity contribution in [1.82, 2.24) is 0 Å². The molecule has 0 aliphatic carbocycles. The monoisotopic (exact) mass is 266 g/mol. The molecule has 0 spiro atoms. The van der Waals surface area contributed by atoms with Crippen LogP contribution in [0.3, 0.4) is 0 Å². The molecule has 1 aliphatic rings. The van der Waals surface area contributed by atoms with Crippen molar-refractivity contribution in [2.45, 2.75) is 19.4 Å². The maximum atomic E-state index is 6.15. The van der Waals surface area contributed by atoms with E-state index < -0.39 is 0 Å². The van der Waals surface area contributed by atoms with Gasteiger partial charge in [0.05, 0.1) is 5.54 Å². The predicted molar refractivity (Wildman–Crippen MR) is 83.6 cm³/mol. The van der Waals surface area contributed by atoms with Crippen LogP contribution in [0.25, 0.3) is 16.5 Å². The van der Waals surface area contributed by atoms with Gasteiger partial charge in [-0.25, -0.2) is 4.99 Å². The van der Waals surface area contributed by atoms with Gasteiger partial charge in [0.25, 0.3) is 0 Å². The van der Waals surface area contributed by atoms with Gasteiger partial charge in [0.1, 0.15) is 6.61 Å². The maximum absolute atomic E-state index is 6.15. The molecule has 0 aromatic heterocycles. The second kappa shape index (κ2) is 4.67. The van der Waals surface area contributed by atoms with Crippen LogP contribution in [0.4, 0.5) is 0 Å². The van der Waals surface area contributed by atoms with Crippen LogP contribution in [0.2, 0.25) is 0 Å². The van der Waals surface area contributed by atoms with Crippen LogP contribution in [-0.4, -0.2) is 18.0 Å². The zero-order valence-electron chi connectivity index (χ0n) is 11.8. The highest BCUT2D eigenvalue weighted by Gasteiger charge is 2.25. The third kappa shape index (κ3) is 2.52. The lowest BCUT2D eigenvalue weighted by atomic mass is 10.1. The van der Waals surface area contributed by atoms with Gasteiger partial charge in [0.15, 0.2) is 0 Å². The fraction of sp³-hybridized carbons (Fsp3) is 0.235.